The molecule has 4 aromatic rings. The van der Waals surface area contributed by atoms with Crippen molar-refractivity contribution in [3.05, 3.63) is 118 Å². The number of ketones is 1. The topological polar surface area (TPSA) is 71.3 Å². The van der Waals surface area contributed by atoms with E-state index in [1.807, 2.05) is 54.6 Å². The van der Waals surface area contributed by atoms with Crippen LogP contribution < -0.4 is 16.1 Å². The molecule has 2 heterocycles. The number of hydrogen-bond donors (Lipinski definition) is 2. The lowest BCUT2D eigenvalue weighted by molar-refractivity contribution is -0.116. The molecule has 2 N–H and O–H groups in total. The van der Waals surface area contributed by atoms with E-state index in [1.165, 1.54) is 6.26 Å². The summed E-state index contributed by atoms with van der Waals surface area (Å²) in [5, 5.41) is 7.49. The number of nitrogens with one attached hydrogen (secondary N) is 2. The van der Waals surface area contributed by atoms with Gasteiger partial charge in [-0.1, -0.05) is 54.6 Å². The van der Waals surface area contributed by atoms with Gasteiger partial charge >= 0.3 is 0 Å². The standard InChI is InChI=1S/C28H22N2O3/c31-24-15-18(17-8-2-1-3-9-17)14-23-26(24)27(30-22-12-6-5-11-21(22)29-23)20-16-33-25-13-7-4-10-19(25)28(20)32/h1-13,16,18,27,29-30H,14-15H2/t18-,27+/m1/s1. The van der Waals surface area contributed by atoms with E-state index < -0.39 is 6.04 Å². The van der Waals surface area contributed by atoms with Crippen LogP contribution in [0.25, 0.3) is 11.0 Å². The first kappa shape index (κ1) is 19.6. The molecule has 162 valence electrons. The van der Waals surface area contributed by atoms with Crippen LogP contribution in [0.4, 0.5) is 11.4 Å². The maximum atomic E-state index is 13.6. The van der Waals surface area contributed by atoms with Gasteiger partial charge in [0.25, 0.3) is 0 Å². The first-order valence-electron chi connectivity index (χ1n) is 11.1. The van der Waals surface area contributed by atoms with Crippen molar-refractivity contribution >= 4 is 28.1 Å². The molecule has 0 saturated carbocycles. The van der Waals surface area contributed by atoms with E-state index in [9.17, 15) is 9.59 Å². The van der Waals surface area contributed by atoms with Gasteiger partial charge in [0, 0.05) is 17.7 Å². The Morgan fingerprint density at radius 3 is 2.36 bits per heavy atom. The summed E-state index contributed by atoms with van der Waals surface area (Å²) in [5.41, 5.74) is 5.19. The van der Waals surface area contributed by atoms with Gasteiger partial charge in [-0.25, -0.2) is 0 Å². The first-order chi connectivity index (χ1) is 16.2. The van der Waals surface area contributed by atoms with Gasteiger partial charge < -0.3 is 15.1 Å². The van der Waals surface area contributed by atoms with Crippen molar-refractivity contribution in [3.8, 4) is 0 Å². The summed E-state index contributed by atoms with van der Waals surface area (Å²) in [5.74, 6) is 0.124. The minimum atomic E-state index is -0.596. The summed E-state index contributed by atoms with van der Waals surface area (Å²) in [4.78, 5) is 27.1. The molecule has 1 aliphatic carbocycles. The van der Waals surface area contributed by atoms with E-state index in [0.29, 0.717) is 34.9 Å². The average Bonchev–Trinajstić information content (AvgIpc) is 3.02. The highest BCUT2D eigenvalue weighted by molar-refractivity contribution is 6.01. The number of rotatable bonds is 2. The molecule has 0 amide bonds. The predicted molar refractivity (Wildman–Crippen MR) is 129 cm³/mol. The molecular weight excluding hydrogens is 412 g/mol. The van der Waals surface area contributed by atoms with E-state index in [-0.39, 0.29) is 17.1 Å². The second-order valence-electron chi connectivity index (χ2n) is 8.60. The molecule has 0 radical (unpaired) electrons. The lowest BCUT2D eigenvalue weighted by Gasteiger charge is -2.29. The molecule has 2 aliphatic rings. The molecule has 1 aromatic heterocycles. The number of allylic oxidation sites excluding steroid dienone is 1. The van der Waals surface area contributed by atoms with Crippen LogP contribution in [0, 0.1) is 0 Å². The molecule has 5 heteroatoms. The van der Waals surface area contributed by atoms with Crippen LogP contribution in [-0.2, 0) is 4.79 Å². The number of benzene rings is 3. The lowest BCUT2D eigenvalue weighted by Crippen LogP contribution is -2.29. The summed E-state index contributed by atoms with van der Waals surface area (Å²) in [7, 11) is 0. The second-order valence-corrected chi connectivity index (χ2v) is 8.60. The molecule has 0 fully saturated rings. The zero-order valence-corrected chi connectivity index (χ0v) is 17.9. The SMILES string of the molecule is O=C1C[C@H](c2ccccc2)CC2=C1[C@H](c1coc3ccccc3c1=O)Nc1ccccc1N2. The maximum Gasteiger partial charge on any atom is 0.198 e. The molecule has 0 bridgehead atoms. The number of para-hydroxylation sites is 3. The van der Waals surface area contributed by atoms with E-state index in [2.05, 4.69) is 22.8 Å². The van der Waals surface area contributed by atoms with Crippen LogP contribution in [-0.4, -0.2) is 5.78 Å². The molecule has 0 spiro atoms. The zero-order chi connectivity index (χ0) is 22.4. The number of carbonyl (C=O) groups is 1. The third-order valence-corrected chi connectivity index (χ3v) is 6.60. The highest BCUT2D eigenvalue weighted by atomic mass is 16.3. The van der Waals surface area contributed by atoms with Gasteiger partial charge in [-0.2, -0.15) is 0 Å². The van der Waals surface area contributed by atoms with Crippen LogP contribution in [0.5, 0.6) is 0 Å². The average molecular weight is 434 g/mol. The number of anilines is 2. The maximum absolute atomic E-state index is 13.6. The Morgan fingerprint density at radius 1 is 0.788 bits per heavy atom. The van der Waals surface area contributed by atoms with Gasteiger partial charge in [0.05, 0.1) is 28.4 Å². The zero-order valence-electron chi connectivity index (χ0n) is 17.9. The normalized spacial score (nSPS) is 19.8. The highest BCUT2D eigenvalue weighted by Crippen LogP contribution is 2.43. The molecule has 3 aromatic carbocycles. The van der Waals surface area contributed by atoms with Crippen molar-refractivity contribution < 1.29 is 9.21 Å². The first-order valence-corrected chi connectivity index (χ1v) is 11.1. The van der Waals surface area contributed by atoms with E-state index in [0.717, 1.165) is 22.6 Å². The van der Waals surface area contributed by atoms with Crippen molar-refractivity contribution in [3.63, 3.8) is 0 Å². The Hall–Kier alpha value is -4.12. The number of Topliss-reactive ketones (excluding diaryl/α,β-unsaturated/α-hetero) is 1. The van der Waals surface area contributed by atoms with Crippen LogP contribution >= 0.6 is 0 Å². The Labute approximate surface area is 190 Å². The Balaban J connectivity index is 1.52. The number of hydrogen-bond acceptors (Lipinski definition) is 5. The van der Waals surface area contributed by atoms with Gasteiger partial charge in [0.2, 0.25) is 0 Å². The van der Waals surface area contributed by atoms with Crippen LogP contribution in [0.2, 0.25) is 0 Å². The Morgan fingerprint density at radius 2 is 1.52 bits per heavy atom. The van der Waals surface area contributed by atoms with Gasteiger partial charge in [-0.05, 0) is 42.2 Å². The summed E-state index contributed by atoms with van der Waals surface area (Å²) < 4.78 is 5.82. The van der Waals surface area contributed by atoms with E-state index >= 15 is 0 Å². The van der Waals surface area contributed by atoms with Gasteiger partial charge in [-0.3, -0.25) is 9.59 Å². The molecule has 0 saturated heterocycles. The van der Waals surface area contributed by atoms with Gasteiger partial charge in [-0.15, -0.1) is 0 Å². The minimum Gasteiger partial charge on any atom is -0.464 e. The largest absolute Gasteiger partial charge is 0.464 e. The molecule has 1 aliphatic heterocycles. The van der Waals surface area contributed by atoms with Gasteiger partial charge in [0.15, 0.2) is 11.2 Å². The smallest absolute Gasteiger partial charge is 0.198 e. The quantitative estimate of drug-likeness (QED) is 0.419. The Kier molecular flexibility index (Phi) is 4.61. The monoisotopic (exact) mass is 434 g/mol. The van der Waals surface area contributed by atoms with E-state index in [1.54, 1.807) is 12.1 Å². The van der Waals surface area contributed by atoms with Crippen molar-refractivity contribution in [2.75, 3.05) is 10.6 Å². The fraction of sp³-hybridized carbons (Fsp3) is 0.143. The fourth-order valence-electron chi connectivity index (χ4n) is 4.98. The van der Waals surface area contributed by atoms with Crippen molar-refractivity contribution in [2.24, 2.45) is 0 Å². The van der Waals surface area contributed by atoms with Crippen molar-refractivity contribution in [1.29, 1.82) is 0 Å². The number of carbonyl (C=O) groups excluding carboxylic acids is 1. The van der Waals surface area contributed by atoms with E-state index in [4.69, 9.17) is 4.42 Å². The van der Waals surface area contributed by atoms with Crippen LogP contribution in [0.3, 0.4) is 0 Å². The molecule has 2 atom stereocenters. The summed E-state index contributed by atoms with van der Waals surface area (Å²) in [6.07, 6.45) is 2.59. The molecule has 0 unspecified atom stereocenters. The third kappa shape index (κ3) is 3.33. The second kappa shape index (κ2) is 7.78. The molecular formula is C28H22N2O3. The van der Waals surface area contributed by atoms with Gasteiger partial charge in [0.1, 0.15) is 11.8 Å². The van der Waals surface area contributed by atoms with Crippen LogP contribution in [0.1, 0.15) is 35.9 Å². The minimum absolute atomic E-state index is 0.0375. The molecule has 5 nitrogen and oxygen atoms in total. The predicted octanol–water partition coefficient (Wildman–Crippen LogP) is 5.77. The summed E-state index contributed by atoms with van der Waals surface area (Å²) in [6, 6.07) is 24.6. The molecule has 6 rings (SSSR count). The summed E-state index contributed by atoms with van der Waals surface area (Å²) >= 11 is 0. The van der Waals surface area contributed by atoms with Crippen molar-refractivity contribution in [2.45, 2.75) is 24.8 Å². The Bertz CT molecular complexity index is 1470. The van der Waals surface area contributed by atoms with Crippen molar-refractivity contribution in [1.82, 2.24) is 0 Å². The lowest BCUT2D eigenvalue weighted by atomic mass is 9.78. The number of fused-ring (bicyclic) bond motifs is 2. The fourth-order valence-corrected chi connectivity index (χ4v) is 4.98. The molecule has 33 heavy (non-hydrogen) atoms. The highest BCUT2D eigenvalue weighted by Gasteiger charge is 2.37. The summed E-state index contributed by atoms with van der Waals surface area (Å²) in [6.45, 7) is 0. The third-order valence-electron chi connectivity index (χ3n) is 6.60. The van der Waals surface area contributed by atoms with Crippen LogP contribution in [0.15, 0.2) is 106 Å².